The Kier molecular flexibility index (Phi) is 5.60. The highest BCUT2D eigenvalue weighted by Gasteiger charge is 2.10. The first kappa shape index (κ1) is 16.8. The molecule has 0 aliphatic rings. The molecule has 23 heavy (non-hydrogen) atoms. The van der Waals surface area contributed by atoms with E-state index in [0.717, 1.165) is 17.0 Å². The molecule has 0 atom stereocenters. The lowest BCUT2D eigenvalue weighted by Crippen LogP contribution is -2.05. The van der Waals surface area contributed by atoms with Crippen LogP contribution in [0, 0.1) is 0 Å². The molecule has 0 fully saturated rings. The monoisotopic (exact) mass is 332 g/mol. The van der Waals surface area contributed by atoms with Gasteiger partial charge in [0.1, 0.15) is 5.75 Å². The van der Waals surface area contributed by atoms with Crippen LogP contribution in [0.2, 0.25) is 5.02 Å². The number of hydrogen-bond donors (Lipinski definition) is 2. The first-order valence-corrected chi connectivity index (χ1v) is 7.32. The number of carboxylic acid groups (broad SMARTS) is 1. The maximum absolute atomic E-state index is 10.9. The number of anilines is 1. The Morgan fingerprint density at radius 3 is 2.57 bits per heavy atom. The average Bonchev–Trinajstić information content (AvgIpc) is 2.53. The Morgan fingerprint density at radius 1 is 1.26 bits per heavy atom. The van der Waals surface area contributed by atoms with E-state index in [1.807, 2.05) is 25.1 Å². The minimum absolute atomic E-state index is 0.102. The third-order valence-corrected chi connectivity index (χ3v) is 3.49. The molecule has 5 nitrogen and oxygen atoms in total. The van der Waals surface area contributed by atoms with Crippen molar-refractivity contribution in [2.75, 3.05) is 12.5 Å². The standard InChI is InChI=1S/C17H17ClN2O3/c1-11(19-20-15-6-4-14(18)5-7-15)12-3-8-16(23-2)13(9-12)10-17(21)22/h3-9,20H,10H2,1-2H3,(H,21,22)/b19-11-. The summed E-state index contributed by atoms with van der Waals surface area (Å²) in [6, 6.07) is 12.5. The van der Waals surface area contributed by atoms with Crippen molar-refractivity contribution in [2.45, 2.75) is 13.3 Å². The summed E-state index contributed by atoms with van der Waals surface area (Å²) in [6.07, 6.45) is -0.102. The SMILES string of the molecule is COc1ccc(/C(C)=N\Nc2ccc(Cl)cc2)cc1CC(=O)O. The maximum Gasteiger partial charge on any atom is 0.307 e. The Bertz CT molecular complexity index is 727. The van der Waals surface area contributed by atoms with Crippen LogP contribution in [0.5, 0.6) is 5.75 Å². The molecule has 6 heteroatoms. The van der Waals surface area contributed by atoms with Crippen molar-refractivity contribution in [1.82, 2.24) is 0 Å². The Morgan fingerprint density at radius 2 is 1.96 bits per heavy atom. The fourth-order valence-electron chi connectivity index (χ4n) is 2.04. The van der Waals surface area contributed by atoms with E-state index in [9.17, 15) is 4.79 Å². The van der Waals surface area contributed by atoms with E-state index in [4.69, 9.17) is 21.4 Å². The molecular formula is C17H17ClN2O3. The van der Waals surface area contributed by atoms with Crippen molar-refractivity contribution in [1.29, 1.82) is 0 Å². The van der Waals surface area contributed by atoms with Crippen molar-refractivity contribution in [3.63, 3.8) is 0 Å². The quantitative estimate of drug-likeness (QED) is 0.623. The second-order valence-electron chi connectivity index (χ2n) is 4.91. The number of carbonyl (C=O) groups is 1. The molecule has 2 aromatic rings. The van der Waals surface area contributed by atoms with Crippen LogP contribution in [0.15, 0.2) is 47.6 Å². The fraction of sp³-hybridized carbons (Fsp3) is 0.176. The maximum atomic E-state index is 10.9. The van der Waals surface area contributed by atoms with Crippen LogP contribution in [0.3, 0.4) is 0 Å². The molecule has 0 aliphatic carbocycles. The van der Waals surface area contributed by atoms with Crippen LogP contribution >= 0.6 is 11.6 Å². The minimum Gasteiger partial charge on any atom is -0.496 e. The number of nitrogens with zero attached hydrogens (tertiary/aromatic N) is 1. The van der Waals surface area contributed by atoms with E-state index in [0.29, 0.717) is 16.3 Å². The second-order valence-corrected chi connectivity index (χ2v) is 5.35. The van der Waals surface area contributed by atoms with Gasteiger partial charge in [0.2, 0.25) is 0 Å². The number of carboxylic acids is 1. The van der Waals surface area contributed by atoms with E-state index in [-0.39, 0.29) is 6.42 Å². The third-order valence-electron chi connectivity index (χ3n) is 3.24. The van der Waals surface area contributed by atoms with E-state index < -0.39 is 5.97 Å². The molecule has 0 spiro atoms. The van der Waals surface area contributed by atoms with Gasteiger partial charge in [0.05, 0.1) is 24.9 Å². The summed E-state index contributed by atoms with van der Waals surface area (Å²) in [4.78, 5) is 10.9. The third kappa shape index (κ3) is 4.72. The Hall–Kier alpha value is -2.53. The topological polar surface area (TPSA) is 70.9 Å². The van der Waals surface area contributed by atoms with Crippen LogP contribution in [-0.4, -0.2) is 23.9 Å². The van der Waals surface area contributed by atoms with Gasteiger partial charge in [-0.25, -0.2) is 0 Å². The molecule has 120 valence electrons. The van der Waals surface area contributed by atoms with E-state index >= 15 is 0 Å². The van der Waals surface area contributed by atoms with Crippen molar-refractivity contribution in [2.24, 2.45) is 5.10 Å². The summed E-state index contributed by atoms with van der Waals surface area (Å²) in [5.74, 6) is -0.357. The second kappa shape index (κ2) is 7.65. The first-order chi connectivity index (χ1) is 11.0. The number of rotatable bonds is 6. The summed E-state index contributed by atoms with van der Waals surface area (Å²) >= 11 is 5.83. The van der Waals surface area contributed by atoms with E-state index in [1.54, 1.807) is 24.3 Å². The summed E-state index contributed by atoms with van der Waals surface area (Å²) in [5, 5.41) is 13.9. The van der Waals surface area contributed by atoms with Crippen LogP contribution < -0.4 is 10.2 Å². The van der Waals surface area contributed by atoms with Crippen LogP contribution in [0.4, 0.5) is 5.69 Å². The molecule has 0 amide bonds. The predicted octanol–water partition coefficient (Wildman–Crippen LogP) is 3.81. The van der Waals surface area contributed by atoms with Crippen LogP contribution in [0.1, 0.15) is 18.1 Å². The molecule has 2 N–H and O–H groups in total. The molecule has 0 bridgehead atoms. The van der Waals surface area contributed by atoms with Gasteiger partial charge in [-0.05, 0) is 55.0 Å². The van der Waals surface area contributed by atoms with Gasteiger partial charge in [0.15, 0.2) is 0 Å². The smallest absolute Gasteiger partial charge is 0.307 e. The number of aliphatic carboxylic acids is 1. The zero-order valence-corrected chi connectivity index (χ0v) is 13.6. The lowest BCUT2D eigenvalue weighted by molar-refractivity contribution is -0.136. The highest BCUT2D eigenvalue weighted by Crippen LogP contribution is 2.21. The average molecular weight is 333 g/mol. The lowest BCUT2D eigenvalue weighted by Gasteiger charge is -2.09. The van der Waals surface area contributed by atoms with Crippen molar-refractivity contribution < 1.29 is 14.6 Å². The van der Waals surface area contributed by atoms with Crippen molar-refractivity contribution in [3.8, 4) is 5.75 Å². The van der Waals surface area contributed by atoms with Gasteiger partial charge in [0.25, 0.3) is 0 Å². The highest BCUT2D eigenvalue weighted by molar-refractivity contribution is 6.30. The molecule has 0 aliphatic heterocycles. The van der Waals surface area contributed by atoms with E-state index in [1.165, 1.54) is 7.11 Å². The summed E-state index contributed by atoms with van der Waals surface area (Å²) in [6.45, 7) is 1.84. The molecule has 2 aromatic carbocycles. The van der Waals surface area contributed by atoms with E-state index in [2.05, 4.69) is 10.5 Å². The molecule has 0 heterocycles. The van der Waals surface area contributed by atoms with Crippen LogP contribution in [0.25, 0.3) is 0 Å². The van der Waals surface area contributed by atoms with Gasteiger partial charge >= 0.3 is 5.97 Å². The number of ether oxygens (including phenoxy) is 1. The van der Waals surface area contributed by atoms with Gasteiger partial charge in [-0.15, -0.1) is 0 Å². The first-order valence-electron chi connectivity index (χ1n) is 6.94. The Labute approximate surface area is 139 Å². The van der Waals surface area contributed by atoms with Gasteiger partial charge in [-0.1, -0.05) is 11.6 Å². The summed E-state index contributed by atoms with van der Waals surface area (Å²) < 4.78 is 5.19. The predicted molar refractivity (Wildman–Crippen MR) is 91.6 cm³/mol. The molecule has 0 saturated carbocycles. The zero-order valence-electron chi connectivity index (χ0n) is 12.8. The number of halogens is 1. The van der Waals surface area contributed by atoms with Gasteiger partial charge in [-0.2, -0.15) is 5.10 Å². The number of hydrazone groups is 1. The highest BCUT2D eigenvalue weighted by atomic mass is 35.5. The molecular weight excluding hydrogens is 316 g/mol. The molecule has 0 saturated heterocycles. The van der Waals surface area contributed by atoms with Gasteiger partial charge < -0.3 is 9.84 Å². The Balaban J connectivity index is 2.20. The normalized spacial score (nSPS) is 11.2. The molecule has 0 aromatic heterocycles. The number of benzene rings is 2. The zero-order chi connectivity index (χ0) is 16.8. The summed E-state index contributed by atoms with van der Waals surface area (Å²) in [5.41, 5.74) is 5.92. The molecule has 2 rings (SSSR count). The largest absolute Gasteiger partial charge is 0.496 e. The lowest BCUT2D eigenvalue weighted by atomic mass is 10.0. The number of nitrogens with one attached hydrogen (secondary N) is 1. The van der Waals surface area contributed by atoms with Crippen LogP contribution in [-0.2, 0) is 11.2 Å². The van der Waals surface area contributed by atoms with Gasteiger partial charge in [0, 0.05) is 10.6 Å². The minimum atomic E-state index is -0.908. The fourth-order valence-corrected chi connectivity index (χ4v) is 2.17. The molecule has 0 unspecified atom stereocenters. The summed E-state index contributed by atoms with van der Waals surface area (Å²) in [7, 11) is 1.52. The van der Waals surface area contributed by atoms with Gasteiger partial charge in [-0.3, -0.25) is 10.2 Å². The number of hydrogen-bond acceptors (Lipinski definition) is 4. The molecule has 0 radical (unpaired) electrons. The number of methoxy groups -OCH3 is 1. The van der Waals surface area contributed by atoms with Crippen molar-refractivity contribution >= 4 is 29.0 Å². The van der Waals surface area contributed by atoms with Crippen molar-refractivity contribution in [3.05, 3.63) is 58.6 Å².